The van der Waals surface area contributed by atoms with E-state index in [9.17, 15) is 4.79 Å². The van der Waals surface area contributed by atoms with Crippen LogP contribution in [0.15, 0.2) is 43.0 Å². The van der Waals surface area contributed by atoms with Crippen molar-refractivity contribution in [3.63, 3.8) is 0 Å². The van der Waals surface area contributed by atoms with Crippen LogP contribution in [-0.4, -0.2) is 44.8 Å². The van der Waals surface area contributed by atoms with Gasteiger partial charge in [-0.3, -0.25) is 4.79 Å². The Kier molecular flexibility index (Phi) is 6.60. The number of aromatic nitrogens is 4. The summed E-state index contributed by atoms with van der Waals surface area (Å²) in [6.45, 7) is 4.40. The van der Waals surface area contributed by atoms with Crippen LogP contribution < -0.4 is 19.7 Å². The van der Waals surface area contributed by atoms with E-state index in [1.54, 1.807) is 12.5 Å². The van der Waals surface area contributed by atoms with Gasteiger partial charge >= 0.3 is 0 Å². The normalized spacial score (nSPS) is 17.1. The Morgan fingerprint density at radius 1 is 1.18 bits per heavy atom. The number of nitrogens with one attached hydrogen (secondary N) is 1. The van der Waals surface area contributed by atoms with Gasteiger partial charge < -0.3 is 24.3 Å². The number of amides is 1. The topological polar surface area (TPSA) is 94.4 Å². The summed E-state index contributed by atoms with van der Waals surface area (Å²) in [6.07, 6.45) is 9.90. The number of hydrogen-bond donors (Lipinski definition) is 1. The monoisotopic (exact) mass is 462 g/mol. The summed E-state index contributed by atoms with van der Waals surface area (Å²) in [5, 5.41) is 3.06. The molecule has 1 unspecified atom stereocenters. The molecule has 0 bridgehead atoms. The average Bonchev–Trinajstić information content (AvgIpc) is 3.53. The zero-order valence-corrected chi connectivity index (χ0v) is 19.4. The Hall–Kier alpha value is -3.62. The number of nitrogens with zero attached hydrogens (tertiary/aromatic N) is 5. The summed E-state index contributed by atoms with van der Waals surface area (Å²) in [6, 6.07) is 7.92. The third-order valence-corrected chi connectivity index (χ3v) is 6.31. The highest BCUT2D eigenvalue weighted by Gasteiger charge is 2.26. The SMILES string of the molecule is Cc1cc(N2CCCCC2CC(=O)NCc2ccc3c(c2)OCO3)nc(CCn2ccnc2)n1. The number of fused-ring (bicyclic) bond motifs is 1. The molecular weight excluding hydrogens is 432 g/mol. The van der Waals surface area contributed by atoms with Gasteiger partial charge in [-0.25, -0.2) is 15.0 Å². The lowest BCUT2D eigenvalue weighted by Crippen LogP contribution is -2.43. The van der Waals surface area contributed by atoms with E-state index in [2.05, 4.69) is 20.2 Å². The van der Waals surface area contributed by atoms with Gasteiger partial charge in [0.25, 0.3) is 0 Å². The van der Waals surface area contributed by atoms with Crippen LogP contribution in [0.5, 0.6) is 11.5 Å². The molecule has 3 aromatic rings. The highest BCUT2D eigenvalue weighted by molar-refractivity contribution is 5.77. The van der Waals surface area contributed by atoms with Gasteiger partial charge in [-0.1, -0.05) is 6.07 Å². The van der Waals surface area contributed by atoms with Crippen molar-refractivity contribution < 1.29 is 14.3 Å². The summed E-state index contributed by atoms with van der Waals surface area (Å²) in [5.74, 6) is 3.26. The van der Waals surface area contributed by atoms with Crippen molar-refractivity contribution in [3.8, 4) is 11.5 Å². The van der Waals surface area contributed by atoms with Crippen LogP contribution in [-0.2, 0) is 24.3 Å². The first kappa shape index (κ1) is 22.2. The maximum atomic E-state index is 12.8. The lowest BCUT2D eigenvalue weighted by molar-refractivity contribution is -0.121. The maximum absolute atomic E-state index is 12.8. The second-order valence-electron chi connectivity index (χ2n) is 8.85. The fourth-order valence-corrected chi connectivity index (χ4v) is 4.57. The summed E-state index contributed by atoms with van der Waals surface area (Å²) in [5.41, 5.74) is 1.94. The molecular formula is C25H30N6O3. The van der Waals surface area contributed by atoms with Gasteiger partial charge in [0.15, 0.2) is 11.5 Å². The van der Waals surface area contributed by atoms with Crippen LogP contribution in [0.2, 0.25) is 0 Å². The molecule has 1 amide bonds. The average molecular weight is 463 g/mol. The van der Waals surface area contributed by atoms with E-state index < -0.39 is 0 Å². The van der Waals surface area contributed by atoms with E-state index in [-0.39, 0.29) is 18.7 Å². The molecule has 1 aromatic carbocycles. The van der Waals surface area contributed by atoms with Crippen molar-refractivity contribution in [1.82, 2.24) is 24.8 Å². The van der Waals surface area contributed by atoms with Crippen LogP contribution in [0.3, 0.4) is 0 Å². The van der Waals surface area contributed by atoms with Crippen molar-refractivity contribution in [3.05, 3.63) is 60.1 Å². The van der Waals surface area contributed by atoms with Crippen LogP contribution in [0.4, 0.5) is 5.82 Å². The molecule has 0 radical (unpaired) electrons. The van der Waals surface area contributed by atoms with E-state index in [0.29, 0.717) is 13.0 Å². The minimum absolute atomic E-state index is 0.0423. The second kappa shape index (κ2) is 10.1. The predicted molar refractivity (Wildman–Crippen MR) is 127 cm³/mol. The van der Waals surface area contributed by atoms with Gasteiger partial charge in [0.1, 0.15) is 11.6 Å². The standard InChI is InChI=1S/C25H30N6O3/c1-18-12-24(29-23(28-18)7-10-30-11-8-26-16-30)31-9-3-2-4-20(31)14-25(32)27-15-19-5-6-21-22(13-19)34-17-33-21/h5-6,8,11-13,16,20H,2-4,7,9-10,14-15,17H2,1H3,(H,27,32). The van der Waals surface area contributed by atoms with Crippen LogP contribution in [0, 0.1) is 6.92 Å². The zero-order chi connectivity index (χ0) is 23.3. The first-order chi connectivity index (χ1) is 16.6. The molecule has 178 valence electrons. The van der Waals surface area contributed by atoms with Gasteiger partial charge in [0.2, 0.25) is 12.7 Å². The third kappa shape index (κ3) is 5.30. The minimum Gasteiger partial charge on any atom is -0.454 e. The number of carbonyl (C=O) groups is 1. The van der Waals surface area contributed by atoms with E-state index in [1.165, 1.54) is 0 Å². The fraction of sp³-hybridized carbons (Fsp3) is 0.440. The molecule has 2 aliphatic rings. The lowest BCUT2D eigenvalue weighted by Gasteiger charge is -2.36. The van der Waals surface area contributed by atoms with Crippen molar-refractivity contribution in [1.29, 1.82) is 0 Å². The Morgan fingerprint density at radius 2 is 2.09 bits per heavy atom. The number of benzene rings is 1. The largest absolute Gasteiger partial charge is 0.454 e. The highest BCUT2D eigenvalue weighted by Crippen LogP contribution is 2.32. The first-order valence-electron chi connectivity index (χ1n) is 11.9. The molecule has 1 atom stereocenters. The number of piperidine rings is 1. The molecule has 9 nitrogen and oxygen atoms in total. The van der Waals surface area contributed by atoms with Crippen molar-refractivity contribution in [2.45, 2.75) is 58.2 Å². The molecule has 1 fully saturated rings. The minimum atomic E-state index is 0.0423. The molecule has 0 aliphatic carbocycles. The molecule has 34 heavy (non-hydrogen) atoms. The quantitative estimate of drug-likeness (QED) is 0.550. The molecule has 0 saturated carbocycles. The summed E-state index contributed by atoms with van der Waals surface area (Å²) in [4.78, 5) is 28.7. The van der Waals surface area contributed by atoms with Crippen LogP contribution >= 0.6 is 0 Å². The predicted octanol–water partition coefficient (Wildman–Crippen LogP) is 3.02. The van der Waals surface area contributed by atoms with E-state index in [4.69, 9.17) is 14.5 Å². The third-order valence-electron chi connectivity index (χ3n) is 6.31. The van der Waals surface area contributed by atoms with Gasteiger partial charge in [0, 0.05) is 62.7 Å². The van der Waals surface area contributed by atoms with E-state index >= 15 is 0 Å². The number of carbonyl (C=O) groups excluding carboxylic acids is 1. The molecule has 9 heteroatoms. The Bertz CT molecular complexity index is 1130. The van der Waals surface area contributed by atoms with Crippen molar-refractivity contribution in [2.75, 3.05) is 18.2 Å². The van der Waals surface area contributed by atoms with Gasteiger partial charge in [0.05, 0.1) is 6.33 Å². The molecule has 1 saturated heterocycles. The van der Waals surface area contributed by atoms with Crippen molar-refractivity contribution >= 4 is 11.7 Å². The Labute approximate surface area is 199 Å². The first-order valence-corrected chi connectivity index (χ1v) is 11.9. The number of ether oxygens (including phenoxy) is 2. The molecule has 0 spiro atoms. The number of rotatable bonds is 8. The van der Waals surface area contributed by atoms with E-state index in [0.717, 1.165) is 73.2 Å². The smallest absolute Gasteiger partial charge is 0.231 e. The van der Waals surface area contributed by atoms with Gasteiger partial charge in [-0.15, -0.1) is 0 Å². The molecule has 2 aromatic heterocycles. The molecule has 4 heterocycles. The van der Waals surface area contributed by atoms with E-state index in [1.807, 2.05) is 42.0 Å². The van der Waals surface area contributed by atoms with Crippen molar-refractivity contribution in [2.24, 2.45) is 0 Å². The highest BCUT2D eigenvalue weighted by atomic mass is 16.7. The van der Waals surface area contributed by atoms with Crippen LogP contribution in [0.1, 0.15) is 42.8 Å². The summed E-state index contributed by atoms with van der Waals surface area (Å²) in [7, 11) is 0. The number of aryl methyl sites for hydroxylation is 3. The van der Waals surface area contributed by atoms with Crippen LogP contribution in [0.25, 0.3) is 0 Å². The van der Waals surface area contributed by atoms with Gasteiger partial charge in [-0.05, 0) is 43.9 Å². The fourth-order valence-electron chi connectivity index (χ4n) is 4.57. The molecule has 2 aliphatic heterocycles. The summed E-state index contributed by atoms with van der Waals surface area (Å²) < 4.78 is 12.8. The van der Waals surface area contributed by atoms with Gasteiger partial charge in [-0.2, -0.15) is 0 Å². The number of hydrogen-bond acceptors (Lipinski definition) is 7. The number of imidazole rings is 1. The molecule has 5 rings (SSSR count). The second-order valence-corrected chi connectivity index (χ2v) is 8.85. The molecule has 1 N–H and O–H groups in total. The number of anilines is 1. The Balaban J connectivity index is 1.21. The Morgan fingerprint density at radius 3 is 2.97 bits per heavy atom. The zero-order valence-electron chi connectivity index (χ0n) is 19.4. The lowest BCUT2D eigenvalue weighted by atomic mass is 9.98. The maximum Gasteiger partial charge on any atom is 0.231 e. The summed E-state index contributed by atoms with van der Waals surface area (Å²) >= 11 is 0.